The Morgan fingerprint density at radius 1 is 0.914 bits per heavy atom. The molecule has 3 heterocycles. The number of carbonyl (C=O) groups is 2. The first kappa shape index (κ1) is 22.0. The number of aliphatic carboxylic acids is 1. The van der Waals surface area contributed by atoms with Crippen molar-refractivity contribution in [1.29, 1.82) is 5.26 Å². The van der Waals surface area contributed by atoms with Gasteiger partial charge in [-0.3, -0.25) is 10.1 Å². The second-order valence-electron chi connectivity index (χ2n) is 8.82. The highest BCUT2D eigenvalue weighted by molar-refractivity contribution is 8.01. The van der Waals surface area contributed by atoms with Gasteiger partial charge < -0.3 is 10.4 Å². The van der Waals surface area contributed by atoms with Gasteiger partial charge in [0.2, 0.25) is 0 Å². The number of urea groups is 1. The van der Waals surface area contributed by atoms with E-state index in [4.69, 9.17) is 10.4 Å². The van der Waals surface area contributed by atoms with Gasteiger partial charge in [-0.1, -0.05) is 36.4 Å². The maximum atomic E-state index is 12.0. The lowest BCUT2D eigenvalue weighted by atomic mass is 10.1. The van der Waals surface area contributed by atoms with Crippen molar-refractivity contribution in [3.05, 3.63) is 83.6 Å². The number of aromatic nitrogens is 1. The number of fused-ring (bicyclic) bond motifs is 6. The Hall–Kier alpha value is -3.48. The van der Waals surface area contributed by atoms with Crippen LogP contribution in [0.3, 0.4) is 0 Å². The lowest BCUT2D eigenvalue weighted by molar-refractivity contribution is -0.138. The average molecular weight is 501 g/mol. The number of hydrogen-bond acceptors (Lipinski definition) is 6. The highest BCUT2D eigenvalue weighted by Crippen LogP contribution is 2.64. The summed E-state index contributed by atoms with van der Waals surface area (Å²) in [5.74, 6) is 0.381. The van der Waals surface area contributed by atoms with Crippen molar-refractivity contribution in [3.8, 4) is 6.07 Å². The number of nitrogens with one attached hydrogen (secondary N) is 2. The molecular weight excluding hydrogens is 480 g/mol. The van der Waals surface area contributed by atoms with E-state index in [-0.39, 0.29) is 18.0 Å². The summed E-state index contributed by atoms with van der Waals surface area (Å²) in [6, 6.07) is 21.6. The first-order chi connectivity index (χ1) is 17.0. The van der Waals surface area contributed by atoms with Crippen LogP contribution in [0, 0.1) is 17.2 Å². The number of nitrogens with zero attached hydrogens (tertiary/aromatic N) is 2. The van der Waals surface area contributed by atoms with Crippen LogP contribution in [0.2, 0.25) is 0 Å². The van der Waals surface area contributed by atoms with Crippen LogP contribution in [-0.2, 0) is 4.79 Å². The Kier molecular flexibility index (Phi) is 5.43. The molecule has 2 amide bonds. The van der Waals surface area contributed by atoms with Gasteiger partial charge in [0.05, 0.1) is 17.5 Å². The van der Waals surface area contributed by atoms with E-state index in [1.54, 1.807) is 23.9 Å². The molecule has 0 spiro atoms. The van der Waals surface area contributed by atoms with Crippen molar-refractivity contribution in [1.82, 2.24) is 10.3 Å². The van der Waals surface area contributed by atoms with Gasteiger partial charge >= 0.3 is 12.0 Å². The van der Waals surface area contributed by atoms with Crippen molar-refractivity contribution >= 4 is 41.3 Å². The molecule has 7 nitrogen and oxygen atoms in total. The first-order valence-electron chi connectivity index (χ1n) is 11.2. The van der Waals surface area contributed by atoms with E-state index in [0.29, 0.717) is 33.7 Å². The molecule has 0 radical (unpaired) electrons. The van der Waals surface area contributed by atoms with Crippen LogP contribution in [-0.4, -0.2) is 38.6 Å². The number of rotatable bonds is 3. The molecule has 2 fully saturated rings. The number of pyridine rings is 1. The Morgan fingerprint density at radius 3 is 2.20 bits per heavy atom. The number of carboxylic acids is 1. The fourth-order valence-electron chi connectivity index (χ4n) is 4.92. The van der Waals surface area contributed by atoms with E-state index in [0.717, 1.165) is 0 Å². The Morgan fingerprint density at radius 2 is 1.57 bits per heavy atom. The third-order valence-corrected chi connectivity index (χ3v) is 9.68. The number of anilines is 1. The fourth-order valence-corrected chi connectivity index (χ4v) is 8.06. The van der Waals surface area contributed by atoms with Crippen molar-refractivity contribution in [2.45, 2.75) is 38.2 Å². The summed E-state index contributed by atoms with van der Waals surface area (Å²) in [7, 11) is 0. The van der Waals surface area contributed by atoms with Crippen LogP contribution in [0.25, 0.3) is 0 Å². The minimum Gasteiger partial charge on any atom is -0.481 e. The summed E-state index contributed by atoms with van der Waals surface area (Å²) in [5, 5.41) is 24.0. The summed E-state index contributed by atoms with van der Waals surface area (Å²) in [6.07, 6.45) is 1.44. The molecule has 0 saturated heterocycles. The zero-order chi connectivity index (χ0) is 24.1. The minimum atomic E-state index is -0.642. The molecule has 6 atom stereocenters. The smallest absolute Gasteiger partial charge is 0.320 e. The van der Waals surface area contributed by atoms with Crippen molar-refractivity contribution in [2.75, 3.05) is 5.32 Å². The van der Waals surface area contributed by atoms with Gasteiger partial charge in [0, 0.05) is 38.3 Å². The van der Waals surface area contributed by atoms with E-state index < -0.39 is 5.97 Å². The standard InChI is InChI=1S/C16H12N4OS.C10H8O2S/c17-7-9-5-6-12(18-8-9)19-16(21)20-14-13-10-3-1-2-4-11(10)22-15(13)14;11-10(12)8-7-5-3-1-2-4-6(5)13-9(7)8/h1-6,8,13-15H,(H2,18,19,20,21);1-4,7-9H,(H,11,12). The van der Waals surface area contributed by atoms with E-state index in [1.165, 1.54) is 27.1 Å². The Bertz CT molecular complexity index is 1370. The van der Waals surface area contributed by atoms with Crippen LogP contribution in [0.4, 0.5) is 10.6 Å². The predicted molar refractivity (Wildman–Crippen MR) is 134 cm³/mol. The molecule has 9 heteroatoms. The number of benzene rings is 2. The molecule has 6 unspecified atom stereocenters. The highest BCUT2D eigenvalue weighted by Gasteiger charge is 2.60. The van der Waals surface area contributed by atoms with Gasteiger partial charge in [-0.05, 0) is 35.4 Å². The maximum Gasteiger partial charge on any atom is 0.320 e. The second kappa shape index (κ2) is 8.63. The van der Waals surface area contributed by atoms with Crippen molar-refractivity contribution in [3.63, 3.8) is 0 Å². The van der Waals surface area contributed by atoms with Crippen LogP contribution in [0.15, 0.2) is 76.7 Å². The van der Waals surface area contributed by atoms with Crippen LogP contribution < -0.4 is 10.6 Å². The summed E-state index contributed by atoms with van der Waals surface area (Å²) in [6.45, 7) is 0. The first-order valence-corrected chi connectivity index (χ1v) is 13.0. The van der Waals surface area contributed by atoms with Gasteiger partial charge in [-0.25, -0.2) is 9.78 Å². The number of carbonyl (C=O) groups excluding carboxylic acids is 1. The van der Waals surface area contributed by atoms with Gasteiger partial charge in [0.15, 0.2) is 0 Å². The minimum absolute atomic E-state index is 0.125. The quantitative estimate of drug-likeness (QED) is 0.478. The number of carboxylic acid groups (broad SMARTS) is 1. The largest absolute Gasteiger partial charge is 0.481 e. The van der Waals surface area contributed by atoms with E-state index in [9.17, 15) is 9.59 Å². The Balaban J connectivity index is 0.000000149. The maximum absolute atomic E-state index is 12.0. The summed E-state index contributed by atoms with van der Waals surface area (Å²) < 4.78 is 0. The van der Waals surface area contributed by atoms with Gasteiger partial charge in [0.25, 0.3) is 0 Å². The zero-order valence-corrected chi connectivity index (χ0v) is 19.9. The molecule has 0 bridgehead atoms. The number of hydrogen-bond donors (Lipinski definition) is 3. The van der Waals surface area contributed by atoms with Crippen LogP contribution in [0.1, 0.15) is 28.5 Å². The molecule has 174 valence electrons. The summed E-state index contributed by atoms with van der Waals surface area (Å²) in [5.41, 5.74) is 3.04. The summed E-state index contributed by atoms with van der Waals surface area (Å²) in [4.78, 5) is 29.4. The molecule has 3 aromatic rings. The van der Waals surface area contributed by atoms with E-state index in [1.807, 2.05) is 42.1 Å². The Labute approximate surface area is 210 Å². The molecule has 3 N–H and O–H groups in total. The molecule has 7 rings (SSSR count). The third kappa shape index (κ3) is 4.03. The number of amides is 2. The molecule has 2 aliphatic carbocycles. The average Bonchev–Trinajstić information content (AvgIpc) is 3.64. The summed E-state index contributed by atoms with van der Waals surface area (Å²) >= 11 is 3.55. The van der Waals surface area contributed by atoms with Gasteiger partial charge in [0.1, 0.15) is 11.9 Å². The lowest BCUT2D eigenvalue weighted by Gasteiger charge is -2.10. The molecule has 4 aliphatic rings. The van der Waals surface area contributed by atoms with Crippen molar-refractivity contribution < 1.29 is 14.7 Å². The number of thioether (sulfide) groups is 2. The molecule has 2 aliphatic heterocycles. The topological polar surface area (TPSA) is 115 Å². The monoisotopic (exact) mass is 500 g/mol. The highest BCUT2D eigenvalue weighted by atomic mass is 32.2. The SMILES string of the molecule is N#Cc1ccc(NC(=O)NC2C3Sc4ccccc4C23)nc1.O=C(O)C1C2Sc3ccccc3C21. The zero-order valence-electron chi connectivity index (χ0n) is 18.3. The molecule has 2 saturated carbocycles. The normalized spacial score (nSPS) is 27.5. The van der Waals surface area contributed by atoms with Gasteiger partial charge in [-0.2, -0.15) is 5.26 Å². The predicted octanol–water partition coefficient (Wildman–Crippen LogP) is 4.67. The molecular formula is C26H20N4O3S2. The van der Waals surface area contributed by atoms with Crippen LogP contribution >= 0.6 is 23.5 Å². The van der Waals surface area contributed by atoms with Gasteiger partial charge in [-0.15, -0.1) is 23.5 Å². The van der Waals surface area contributed by atoms with Crippen LogP contribution in [0.5, 0.6) is 0 Å². The molecule has 1 aromatic heterocycles. The van der Waals surface area contributed by atoms with Crippen molar-refractivity contribution in [2.24, 2.45) is 5.92 Å². The fraction of sp³-hybridized carbons (Fsp3) is 0.231. The van der Waals surface area contributed by atoms with E-state index >= 15 is 0 Å². The van der Waals surface area contributed by atoms with E-state index in [2.05, 4.69) is 39.9 Å². The molecule has 35 heavy (non-hydrogen) atoms. The third-order valence-electron chi connectivity index (χ3n) is 6.71. The number of nitriles is 1. The lowest BCUT2D eigenvalue weighted by Crippen LogP contribution is -2.33. The molecule has 2 aromatic carbocycles. The second-order valence-corrected chi connectivity index (χ2v) is 11.3.